The zero-order chi connectivity index (χ0) is 12.8. The second-order valence-electron chi connectivity index (χ2n) is 4.48. The predicted octanol–water partition coefficient (Wildman–Crippen LogP) is 1.60. The molecule has 0 aliphatic carbocycles. The Morgan fingerprint density at radius 3 is 2.67 bits per heavy atom. The number of aromatic nitrogens is 1. The van der Waals surface area contributed by atoms with Crippen molar-refractivity contribution in [2.75, 3.05) is 45.2 Å². The van der Waals surface area contributed by atoms with Crippen molar-refractivity contribution in [2.24, 2.45) is 0 Å². The van der Waals surface area contributed by atoms with Gasteiger partial charge in [-0.2, -0.15) is 0 Å². The van der Waals surface area contributed by atoms with E-state index in [0.717, 1.165) is 50.5 Å². The van der Waals surface area contributed by atoms with Gasteiger partial charge in [0.25, 0.3) is 0 Å². The van der Waals surface area contributed by atoms with Crippen LogP contribution < -0.4 is 4.74 Å². The normalized spacial score (nSPS) is 17.9. The van der Waals surface area contributed by atoms with Gasteiger partial charge in [0.2, 0.25) is 5.88 Å². The lowest BCUT2D eigenvalue weighted by Gasteiger charge is -2.34. The number of piperazine rings is 1. The maximum absolute atomic E-state index is 5.29. The van der Waals surface area contributed by atoms with Gasteiger partial charge in [0.1, 0.15) is 0 Å². The van der Waals surface area contributed by atoms with E-state index in [1.54, 1.807) is 13.3 Å². The lowest BCUT2D eigenvalue weighted by atomic mass is 10.2. The van der Waals surface area contributed by atoms with Crippen molar-refractivity contribution in [1.82, 2.24) is 14.8 Å². The van der Waals surface area contributed by atoms with Crippen molar-refractivity contribution in [2.45, 2.75) is 6.54 Å². The summed E-state index contributed by atoms with van der Waals surface area (Å²) in [6.45, 7) is 6.60. The molecule has 0 saturated carbocycles. The van der Waals surface area contributed by atoms with Gasteiger partial charge in [-0.3, -0.25) is 9.80 Å². The Balaban J connectivity index is 1.87. The smallest absolute Gasteiger partial charge is 0.217 e. The van der Waals surface area contributed by atoms with E-state index in [4.69, 9.17) is 4.74 Å². The summed E-state index contributed by atoms with van der Waals surface area (Å²) in [4.78, 5) is 9.20. The Morgan fingerprint density at radius 1 is 1.28 bits per heavy atom. The maximum Gasteiger partial charge on any atom is 0.217 e. The second-order valence-corrected chi connectivity index (χ2v) is 5.27. The molecule has 5 heteroatoms. The predicted molar refractivity (Wildman–Crippen MR) is 76.3 cm³/mol. The number of halogens is 1. The van der Waals surface area contributed by atoms with Crippen LogP contribution >= 0.6 is 15.9 Å². The largest absolute Gasteiger partial charge is 0.481 e. The van der Waals surface area contributed by atoms with Gasteiger partial charge >= 0.3 is 0 Å². The fourth-order valence-electron chi connectivity index (χ4n) is 2.26. The van der Waals surface area contributed by atoms with Crippen LogP contribution in [0.4, 0.5) is 0 Å². The highest BCUT2D eigenvalue weighted by atomic mass is 79.9. The Labute approximate surface area is 117 Å². The first-order valence-electron chi connectivity index (χ1n) is 6.32. The Hall–Kier alpha value is -0.650. The van der Waals surface area contributed by atoms with Crippen LogP contribution in [0.2, 0.25) is 0 Å². The van der Waals surface area contributed by atoms with E-state index >= 15 is 0 Å². The van der Waals surface area contributed by atoms with Crippen LogP contribution in [0.1, 0.15) is 5.56 Å². The molecule has 1 saturated heterocycles. The molecule has 1 aliphatic heterocycles. The summed E-state index contributed by atoms with van der Waals surface area (Å²) in [6, 6.07) is 4.07. The van der Waals surface area contributed by atoms with Crippen LogP contribution in [0.25, 0.3) is 0 Å². The lowest BCUT2D eigenvalue weighted by molar-refractivity contribution is 0.132. The van der Waals surface area contributed by atoms with Gasteiger partial charge in [-0.25, -0.2) is 4.98 Å². The highest BCUT2D eigenvalue weighted by Gasteiger charge is 2.17. The summed E-state index contributed by atoms with van der Waals surface area (Å²) in [5.74, 6) is 0.750. The molecule has 0 atom stereocenters. The summed E-state index contributed by atoms with van der Waals surface area (Å²) in [6.07, 6.45) is 1.77. The van der Waals surface area contributed by atoms with Crippen LogP contribution in [0, 0.1) is 0 Å². The molecule has 0 unspecified atom stereocenters. The minimum Gasteiger partial charge on any atom is -0.481 e. The maximum atomic E-state index is 5.29. The van der Waals surface area contributed by atoms with Crippen molar-refractivity contribution in [3.8, 4) is 5.88 Å². The fourth-order valence-corrected chi connectivity index (χ4v) is 2.76. The molecule has 0 aromatic carbocycles. The van der Waals surface area contributed by atoms with Crippen LogP contribution in [0.15, 0.2) is 18.3 Å². The van der Waals surface area contributed by atoms with Gasteiger partial charge in [0.15, 0.2) is 0 Å². The molecule has 100 valence electrons. The third kappa shape index (κ3) is 3.67. The van der Waals surface area contributed by atoms with Crippen LogP contribution in [-0.2, 0) is 6.54 Å². The Morgan fingerprint density at radius 2 is 2.00 bits per heavy atom. The van der Waals surface area contributed by atoms with Crippen molar-refractivity contribution >= 4 is 15.9 Å². The molecule has 2 heterocycles. The highest BCUT2D eigenvalue weighted by molar-refractivity contribution is 9.09. The van der Waals surface area contributed by atoms with Crippen LogP contribution in [0.3, 0.4) is 0 Å². The van der Waals surface area contributed by atoms with E-state index in [9.17, 15) is 0 Å². The van der Waals surface area contributed by atoms with Gasteiger partial charge in [-0.1, -0.05) is 22.0 Å². The van der Waals surface area contributed by atoms with E-state index in [0.29, 0.717) is 0 Å². The molecule has 0 spiro atoms. The third-order valence-corrected chi connectivity index (χ3v) is 3.66. The highest BCUT2D eigenvalue weighted by Crippen LogP contribution is 2.17. The first-order valence-corrected chi connectivity index (χ1v) is 7.44. The number of methoxy groups -OCH3 is 1. The number of rotatable bonds is 5. The van der Waals surface area contributed by atoms with Gasteiger partial charge in [0.05, 0.1) is 7.11 Å². The molecule has 1 fully saturated rings. The summed E-state index contributed by atoms with van der Waals surface area (Å²) in [5, 5.41) is 1.06. The molecular formula is C13H20BrN3O. The van der Waals surface area contributed by atoms with Crippen molar-refractivity contribution in [3.05, 3.63) is 23.9 Å². The van der Waals surface area contributed by atoms with Gasteiger partial charge in [0, 0.05) is 56.4 Å². The first kappa shape index (κ1) is 13.8. The molecule has 18 heavy (non-hydrogen) atoms. The number of hydrogen-bond acceptors (Lipinski definition) is 4. The Kier molecular flexibility index (Phi) is 5.41. The zero-order valence-electron chi connectivity index (χ0n) is 10.8. The molecule has 2 rings (SSSR count). The topological polar surface area (TPSA) is 28.6 Å². The quantitative estimate of drug-likeness (QED) is 0.772. The summed E-state index contributed by atoms with van der Waals surface area (Å²) in [5.41, 5.74) is 1.17. The minimum atomic E-state index is 0.750. The first-order chi connectivity index (χ1) is 8.83. The van der Waals surface area contributed by atoms with E-state index in [1.165, 1.54) is 5.56 Å². The average molecular weight is 314 g/mol. The van der Waals surface area contributed by atoms with E-state index in [2.05, 4.69) is 36.8 Å². The van der Waals surface area contributed by atoms with Crippen LogP contribution in [-0.4, -0.2) is 59.9 Å². The van der Waals surface area contributed by atoms with Gasteiger partial charge in [-0.15, -0.1) is 0 Å². The number of ether oxygens (including phenoxy) is 1. The van der Waals surface area contributed by atoms with Crippen molar-refractivity contribution < 1.29 is 4.74 Å². The molecule has 0 bridgehead atoms. The number of alkyl halides is 1. The molecule has 0 N–H and O–H groups in total. The van der Waals surface area contributed by atoms with Gasteiger partial charge in [-0.05, 0) is 6.07 Å². The number of hydrogen-bond donors (Lipinski definition) is 0. The molecule has 4 nitrogen and oxygen atoms in total. The second kappa shape index (κ2) is 7.07. The summed E-state index contributed by atoms with van der Waals surface area (Å²) < 4.78 is 5.29. The van der Waals surface area contributed by atoms with Crippen molar-refractivity contribution in [3.63, 3.8) is 0 Å². The molecule has 1 aliphatic rings. The van der Waals surface area contributed by atoms with E-state index in [1.807, 2.05) is 6.07 Å². The minimum absolute atomic E-state index is 0.750. The molecule has 1 aromatic heterocycles. The van der Waals surface area contributed by atoms with Crippen LogP contribution in [0.5, 0.6) is 5.88 Å². The van der Waals surface area contributed by atoms with E-state index in [-0.39, 0.29) is 0 Å². The zero-order valence-corrected chi connectivity index (χ0v) is 12.4. The third-order valence-electron chi connectivity index (χ3n) is 3.30. The average Bonchev–Trinajstić information content (AvgIpc) is 2.42. The van der Waals surface area contributed by atoms with Crippen molar-refractivity contribution in [1.29, 1.82) is 0 Å². The Bertz CT molecular complexity index is 367. The number of pyridine rings is 1. The monoisotopic (exact) mass is 313 g/mol. The molecule has 0 amide bonds. The SMILES string of the molecule is COc1ncccc1CN1CCN(CCBr)CC1. The lowest BCUT2D eigenvalue weighted by Crippen LogP contribution is -2.46. The van der Waals surface area contributed by atoms with E-state index < -0.39 is 0 Å². The summed E-state index contributed by atoms with van der Waals surface area (Å²) in [7, 11) is 1.68. The summed E-state index contributed by atoms with van der Waals surface area (Å²) >= 11 is 3.49. The molecule has 0 radical (unpaired) electrons. The molecule has 1 aromatic rings. The standard InChI is InChI=1S/C13H20BrN3O/c1-18-13-12(3-2-5-15-13)11-17-9-7-16(6-4-14)8-10-17/h2-3,5H,4,6-11H2,1H3. The molecular weight excluding hydrogens is 294 g/mol. The fraction of sp³-hybridized carbons (Fsp3) is 0.615. The number of nitrogens with zero attached hydrogens (tertiary/aromatic N) is 3. The van der Waals surface area contributed by atoms with Gasteiger partial charge < -0.3 is 4.74 Å².